The van der Waals surface area contributed by atoms with E-state index in [-0.39, 0.29) is 18.6 Å². The SMILES string of the molecule is CCCCCCCCC(C)OC(=O)NC(C)(Cc1csc2ccccc12)C(=O)NC(CO)Cc1ccccc1. The normalized spacial score (nSPS) is 14.4. The van der Waals surface area contributed by atoms with E-state index in [1.54, 1.807) is 18.3 Å². The van der Waals surface area contributed by atoms with Crippen LogP contribution in [-0.4, -0.2) is 41.4 Å². The van der Waals surface area contributed by atoms with Crippen LogP contribution < -0.4 is 10.6 Å². The summed E-state index contributed by atoms with van der Waals surface area (Å²) in [5, 5.41) is 19.0. The second-order valence-electron chi connectivity index (χ2n) is 10.7. The van der Waals surface area contributed by atoms with Crippen molar-refractivity contribution in [3.63, 3.8) is 0 Å². The molecule has 3 N–H and O–H groups in total. The summed E-state index contributed by atoms with van der Waals surface area (Å²) < 4.78 is 6.81. The largest absolute Gasteiger partial charge is 0.447 e. The fourth-order valence-electron chi connectivity index (χ4n) is 4.84. The molecule has 2 amide bonds. The Labute approximate surface area is 237 Å². The van der Waals surface area contributed by atoms with Gasteiger partial charge in [-0.1, -0.05) is 87.6 Å². The average molecular weight is 553 g/mol. The number of thiophene rings is 1. The molecule has 0 radical (unpaired) electrons. The maximum absolute atomic E-state index is 13.7. The third kappa shape index (κ3) is 9.66. The van der Waals surface area contributed by atoms with Crippen molar-refractivity contribution in [2.24, 2.45) is 0 Å². The highest BCUT2D eigenvalue weighted by Crippen LogP contribution is 2.29. The van der Waals surface area contributed by atoms with Crippen LogP contribution in [0.1, 0.15) is 76.8 Å². The van der Waals surface area contributed by atoms with Crippen LogP contribution in [0.5, 0.6) is 0 Å². The van der Waals surface area contributed by atoms with Gasteiger partial charge in [-0.3, -0.25) is 4.79 Å². The molecule has 0 fully saturated rings. The molecule has 0 aliphatic heterocycles. The summed E-state index contributed by atoms with van der Waals surface area (Å²) in [5.74, 6) is -0.353. The first-order valence-corrected chi connectivity index (χ1v) is 15.1. The molecule has 0 aliphatic rings. The Hall–Kier alpha value is -2.90. The lowest BCUT2D eigenvalue weighted by Crippen LogP contribution is -2.60. The van der Waals surface area contributed by atoms with Crippen molar-refractivity contribution < 1.29 is 19.4 Å². The highest BCUT2D eigenvalue weighted by molar-refractivity contribution is 7.17. The molecule has 39 heavy (non-hydrogen) atoms. The monoisotopic (exact) mass is 552 g/mol. The number of unbranched alkanes of at least 4 members (excludes halogenated alkanes) is 5. The highest BCUT2D eigenvalue weighted by Gasteiger charge is 2.38. The zero-order chi connectivity index (χ0) is 28.1. The van der Waals surface area contributed by atoms with Crippen molar-refractivity contribution in [3.05, 3.63) is 71.1 Å². The van der Waals surface area contributed by atoms with Crippen molar-refractivity contribution in [3.8, 4) is 0 Å². The molecule has 0 aliphatic carbocycles. The molecule has 0 saturated carbocycles. The van der Waals surface area contributed by atoms with E-state index in [0.717, 1.165) is 40.5 Å². The molecule has 0 spiro atoms. The van der Waals surface area contributed by atoms with Crippen LogP contribution in [-0.2, 0) is 22.4 Å². The van der Waals surface area contributed by atoms with E-state index in [2.05, 4.69) is 17.6 Å². The number of amides is 2. The second-order valence-corrected chi connectivity index (χ2v) is 11.6. The Kier molecular flexibility index (Phi) is 12.3. The van der Waals surface area contributed by atoms with E-state index in [1.165, 1.54) is 25.7 Å². The quantitative estimate of drug-likeness (QED) is 0.171. The first-order chi connectivity index (χ1) is 18.8. The Morgan fingerprint density at radius 3 is 2.44 bits per heavy atom. The summed E-state index contributed by atoms with van der Waals surface area (Å²) in [7, 11) is 0. The van der Waals surface area contributed by atoms with Gasteiger partial charge in [0.2, 0.25) is 5.91 Å². The van der Waals surface area contributed by atoms with Crippen LogP contribution >= 0.6 is 11.3 Å². The zero-order valence-electron chi connectivity index (χ0n) is 23.6. The number of carbonyl (C=O) groups excluding carboxylic acids is 2. The Morgan fingerprint density at radius 2 is 1.69 bits per heavy atom. The number of rotatable bonds is 16. The standard InChI is InChI=1S/C32H44N2O4S/c1-4-5-6-7-8-10-15-24(2)38-31(37)34-32(3,21-26-23-39-29-19-14-13-18-28(26)29)30(36)33-27(22-35)20-25-16-11-9-12-17-25/h9,11-14,16-19,23-24,27,35H,4-8,10,15,20-22H2,1-3H3,(H,33,36)(H,34,37). The number of hydrogen-bond acceptors (Lipinski definition) is 5. The summed E-state index contributed by atoms with van der Waals surface area (Å²) in [6.45, 7) is 5.62. The fraction of sp³-hybridized carbons (Fsp3) is 0.500. The third-order valence-electron chi connectivity index (χ3n) is 7.14. The van der Waals surface area contributed by atoms with Crippen LogP contribution in [0.2, 0.25) is 0 Å². The average Bonchev–Trinajstić information content (AvgIpc) is 3.33. The smallest absolute Gasteiger partial charge is 0.408 e. The van der Waals surface area contributed by atoms with Crippen LogP contribution in [0, 0.1) is 0 Å². The van der Waals surface area contributed by atoms with Gasteiger partial charge in [0.1, 0.15) is 11.6 Å². The lowest BCUT2D eigenvalue weighted by atomic mass is 9.91. The molecule has 7 heteroatoms. The number of nitrogens with one attached hydrogen (secondary N) is 2. The molecule has 1 aromatic heterocycles. The number of ether oxygens (including phenoxy) is 1. The predicted molar refractivity (Wildman–Crippen MR) is 160 cm³/mol. The molecule has 2 aromatic carbocycles. The van der Waals surface area contributed by atoms with E-state index in [0.29, 0.717) is 12.8 Å². The van der Waals surface area contributed by atoms with Crippen molar-refractivity contribution in [1.29, 1.82) is 0 Å². The third-order valence-corrected chi connectivity index (χ3v) is 8.15. The lowest BCUT2D eigenvalue weighted by Gasteiger charge is -2.31. The first kappa shape index (κ1) is 30.6. The molecule has 3 unspecified atom stereocenters. The Morgan fingerprint density at radius 1 is 1.00 bits per heavy atom. The second kappa shape index (κ2) is 15.6. The highest BCUT2D eigenvalue weighted by atomic mass is 32.1. The summed E-state index contributed by atoms with van der Waals surface area (Å²) in [6.07, 6.45) is 7.80. The Balaban J connectivity index is 1.69. The zero-order valence-corrected chi connectivity index (χ0v) is 24.4. The van der Waals surface area contributed by atoms with Gasteiger partial charge in [-0.15, -0.1) is 11.3 Å². The molecule has 0 bridgehead atoms. The van der Waals surface area contributed by atoms with E-state index >= 15 is 0 Å². The molecule has 3 atom stereocenters. The number of aliphatic hydroxyl groups is 1. The van der Waals surface area contributed by atoms with E-state index in [4.69, 9.17) is 4.74 Å². The fourth-order valence-corrected chi connectivity index (χ4v) is 5.81. The lowest BCUT2D eigenvalue weighted by molar-refractivity contribution is -0.128. The minimum absolute atomic E-state index is 0.210. The summed E-state index contributed by atoms with van der Waals surface area (Å²) in [6, 6.07) is 17.3. The number of alkyl carbamates (subject to hydrolysis) is 1. The number of fused-ring (bicyclic) bond motifs is 1. The van der Waals surface area contributed by atoms with Crippen molar-refractivity contribution in [2.75, 3.05) is 6.61 Å². The molecule has 3 rings (SSSR count). The van der Waals surface area contributed by atoms with Gasteiger partial charge in [0, 0.05) is 11.1 Å². The number of carbonyl (C=O) groups is 2. The van der Waals surface area contributed by atoms with Gasteiger partial charge < -0.3 is 20.5 Å². The summed E-state index contributed by atoms with van der Waals surface area (Å²) >= 11 is 1.62. The topological polar surface area (TPSA) is 87.7 Å². The molecule has 0 saturated heterocycles. The van der Waals surface area contributed by atoms with Crippen LogP contribution in [0.4, 0.5) is 4.79 Å². The van der Waals surface area contributed by atoms with E-state index in [1.807, 2.05) is 66.9 Å². The molecule has 3 aromatic rings. The molecular formula is C32H44N2O4S. The first-order valence-electron chi connectivity index (χ1n) is 14.2. The summed E-state index contributed by atoms with van der Waals surface area (Å²) in [5.41, 5.74) is 0.723. The number of aliphatic hydroxyl groups excluding tert-OH is 1. The van der Waals surface area contributed by atoms with Crippen LogP contribution in [0.15, 0.2) is 60.0 Å². The van der Waals surface area contributed by atoms with Gasteiger partial charge >= 0.3 is 6.09 Å². The van der Waals surface area contributed by atoms with Crippen molar-refractivity contribution in [2.45, 2.75) is 96.2 Å². The van der Waals surface area contributed by atoms with Gasteiger partial charge in [0.15, 0.2) is 0 Å². The summed E-state index contributed by atoms with van der Waals surface area (Å²) in [4.78, 5) is 26.7. The predicted octanol–water partition coefficient (Wildman–Crippen LogP) is 6.79. The van der Waals surface area contributed by atoms with E-state index < -0.39 is 17.7 Å². The molecule has 212 valence electrons. The Bertz CT molecular complexity index is 1170. The van der Waals surface area contributed by atoms with Crippen LogP contribution in [0.25, 0.3) is 10.1 Å². The molecular weight excluding hydrogens is 508 g/mol. The molecule has 6 nitrogen and oxygen atoms in total. The molecule has 1 heterocycles. The number of benzene rings is 2. The van der Waals surface area contributed by atoms with Gasteiger partial charge in [-0.05, 0) is 61.1 Å². The van der Waals surface area contributed by atoms with Gasteiger partial charge in [-0.25, -0.2) is 4.79 Å². The van der Waals surface area contributed by atoms with Gasteiger partial charge in [0.25, 0.3) is 0 Å². The number of hydrogen-bond donors (Lipinski definition) is 3. The minimum Gasteiger partial charge on any atom is -0.447 e. The maximum Gasteiger partial charge on any atom is 0.408 e. The van der Waals surface area contributed by atoms with Gasteiger partial charge in [0.05, 0.1) is 12.6 Å². The van der Waals surface area contributed by atoms with Gasteiger partial charge in [-0.2, -0.15) is 0 Å². The van der Waals surface area contributed by atoms with Crippen LogP contribution in [0.3, 0.4) is 0 Å². The van der Waals surface area contributed by atoms with Crippen molar-refractivity contribution in [1.82, 2.24) is 10.6 Å². The minimum atomic E-state index is -1.27. The van der Waals surface area contributed by atoms with Crippen molar-refractivity contribution >= 4 is 33.4 Å². The van der Waals surface area contributed by atoms with E-state index in [9.17, 15) is 14.7 Å². The maximum atomic E-state index is 13.7.